The second kappa shape index (κ2) is 4.02. The summed E-state index contributed by atoms with van der Waals surface area (Å²) in [6, 6.07) is 6.41. The van der Waals surface area contributed by atoms with Gasteiger partial charge in [-0.15, -0.1) is 0 Å². The van der Waals surface area contributed by atoms with Crippen LogP contribution in [0.5, 0.6) is 0 Å². The number of hydrogen-bond acceptors (Lipinski definition) is 3. The van der Waals surface area contributed by atoms with Gasteiger partial charge in [0, 0.05) is 12.1 Å². The fraction of sp³-hybridized carbons (Fsp3) is 0.222. The second-order valence-electron chi connectivity index (χ2n) is 2.74. The molecular weight excluding hydrogens is 168 g/mol. The van der Waals surface area contributed by atoms with Crippen molar-refractivity contribution in [3.8, 4) is 0 Å². The Morgan fingerprint density at radius 3 is 2.31 bits per heavy atom. The van der Waals surface area contributed by atoms with Gasteiger partial charge in [0.1, 0.15) is 0 Å². The van der Waals surface area contributed by atoms with Gasteiger partial charge in [0.15, 0.2) is 0 Å². The Morgan fingerprint density at radius 2 is 1.92 bits per heavy atom. The van der Waals surface area contributed by atoms with E-state index in [2.05, 4.69) is 0 Å². The zero-order valence-corrected chi connectivity index (χ0v) is 7.10. The molecular formula is C9H12N2O2. The maximum absolute atomic E-state index is 10.7. The molecule has 70 valence electrons. The van der Waals surface area contributed by atoms with Gasteiger partial charge in [-0.05, 0) is 17.7 Å². The van der Waals surface area contributed by atoms with Gasteiger partial charge in [-0.25, -0.2) is 0 Å². The third kappa shape index (κ3) is 2.27. The number of nitrogens with two attached hydrogens (primary N) is 2. The summed E-state index contributed by atoms with van der Waals surface area (Å²) in [6.45, 7) is 0.163. The smallest absolute Gasteiger partial charge is 0.248 e. The van der Waals surface area contributed by atoms with Crippen molar-refractivity contribution in [3.63, 3.8) is 0 Å². The Balaban J connectivity index is 2.87. The Hall–Kier alpha value is -1.39. The van der Waals surface area contributed by atoms with E-state index in [1.165, 1.54) is 0 Å². The minimum absolute atomic E-state index is 0.163. The molecule has 13 heavy (non-hydrogen) atoms. The molecule has 0 saturated heterocycles. The topological polar surface area (TPSA) is 89.3 Å². The zero-order valence-electron chi connectivity index (χ0n) is 7.10. The van der Waals surface area contributed by atoms with Crippen molar-refractivity contribution in [3.05, 3.63) is 35.4 Å². The quantitative estimate of drug-likeness (QED) is 0.600. The number of primary amides is 1. The lowest BCUT2D eigenvalue weighted by atomic mass is 10.1. The fourth-order valence-electron chi connectivity index (χ4n) is 1.01. The van der Waals surface area contributed by atoms with Crippen LogP contribution in [0, 0.1) is 0 Å². The number of rotatable bonds is 3. The van der Waals surface area contributed by atoms with Gasteiger partial charge in [0.2, 0.25) is 5.91 Å². The average molecular weight is 180 g/mol. The SMILES string of the molecule is NCC(O)c1ccc(C(N)=O)cc1. The van der Waals surface area contributed by atoms with Crippen LogP contribution >= 0.6 is 0 Å². The lowest BCUT2D eigenvalue weighted by Gasteiger charge is -2.07. The Morgan fingerprint density at radius 1 is 1.38 bits per heavy atom. The maximum atomic E-state index is 10.7. The van der Waals surface area contributed by atoms with Crippen LogP contribution in [0.1, 0.15) is 22.0 Å². The largest absolute Gasteiger partial charge is 0.387 e. The molecule has 0 aromatic heterocycles. The summed E-state index contributed by atoms with van der Waals surface area (Å²) < 4.78 is 0. The molecule has 0 aliphatic rings. The van der Waals surface area contributed by atoms with Crippen molar-refractivity contribution in [2.24, 2.45) is 11.5 Å². The zero-order chi connectivity index (χ0) is 9.84. The highest BCUT2D eigenvalue weighted by molar-refractivity contribution is 5.92. The van der Waals surface area contributed by atoms with E-state index in [1.54, 1.807) is 24.3 Å². The predicted octanol–water partition coefficient (Wildman–Crippen LogP) is -0.222. The van der Waals surface area contributed by atoms with Gasteiger partial charge >= 0.3 is 0 Å². The standard InChI is InChI=1S/C9H12N2O2/c10-5-8(12)6-1-3-7(4-2-6)9(11)13/h1-4,8,12H,5,10H2,(H2,11,13). The van der Waals surface area contributed by atoms with E-state index in [0.717, 1.165) is 0 Å². The van der Waals surface area contributed by atoms with Crippen molar-refractivity contribution >= 4 is 5.91 Å². The summed E-state index contributed by atoms with van der Waals surface area (Å²) in [7, 11) is 0. The summed E-state index contributed by atoms with van der Waals surface area (Å²) in [5.74, 6) is -0.478. The van der Waals surface area contributed by atoms with E-state index in [9.17, 15) is 9.90 Å². The van der Waals surface area contributed by atoms with Crippen molar-refractivity contribution in [2.75, 3.05) is 6.54 Å². The first-order valence-corrected chi connectivity index (χ1v) is 3.93. The van der Waals surface area contributed by atoms with Crippen LogP contribution in [0.25, 0.3) is 0 Å². The van der Waals surface area contributed by atoms with Crippen LogP contribution in [0.2, 0.25) is 0 Å². The number of hydrogen-bond donors (Lipinski definition) is 3. The van der Waals surface area contributed by atoms with Crippen LogP contribution in [-0.4, -0.2) is 17.6 Å². The lowest BCUT2D eigenvalue weighted by Crippen LogP contribution is -2.13. The first kappa shape index (κ1) is 9.70. The molecule has 0 aliphatic carbocycles. The monoisotopic (exact) mass is 180 g/mol. The van der Waals surface area contributed by atoms with E-state index in [-0.39, 0.29) is 6.54 Å². The molecule has 1 rings (SSSR count). The molecule has 1 aromatic carbocycles. The molecule has 0 fully saturated rings. The summed E-state index contributed by atoms with van der Waals surface area (Å²) in [5, 5.41) is 9.32. The van der Waals surface area contributed by atoms with Gasteiger partial charge in [-0.2, -0.15) is 0 Å². The predicted molar refractivity (Wildman–Crippen MR) is 49.0 cm³/mol. The maximum Gasteiger partial charge on any atom is 0.248 e. The van der Waals surface area contributed by atoms with Crippen LogP contribution in [0.4, 0.5) is 0 Å². The highest BCUT2D eigenvalue weighted by Crippen LogP contribution is 2.11. The van der Waals surface area contributed by atoms with E-state index < -0.39 is 12.0 Å². The number of aliphatic hydroxyl groups excluding tert-OH is 1. The molecule has 1 atom stereocenters. The number of amides is 1. The third-order valence-electron chi connectivity index (χ3n) is 1.80. The Kier molecular flexibility index (Phi) is 3.00. The third-order valence-corrected chi connectivity index (χ3v) is 1.80. The second-order valence-corrected chi connectivity index (χ2v) is 2.74. The van der Waals surface area contributed by atoms with Gasteiger partial charge in [-0.1, -0.05) is 12.1 Å². The summed E-state index contributed by atoms with van der Waals surface area (Å²) in [5.41, 5.74) is 11.4. The van der Waals surface area contributed by atoms with Gasteiger partial charge in [-0.3, -0.25) is 4.79 Å². The van der Waals surface area contributed by atoms with Crippen LogP contribution in [0.15, 0.2) is 24.3 Å². The molecule has 4 nitrogen and oxygen atoms in total. The molecule has 1 unspecified atom stereocenters. The van der Waals surface area contributed by atoms with Crippen LogP contribution < -0.4 is 11.5 Å². The van der Waals surface area contributed by atoms with Crippen molar-refractivity contribution in [1.29, 1.82) is 0 Å². The van der Waals surface area contributed by atoms with Crippen molar-refractivity contribution in [1.82, 2.24) is 0 Å². The molecule has 0 spiro atoms. The highest BCUT2D eigenvalue weighted by Gasteiger charge is 2.05. The molecule has 1 aromatic rings. The Bertz CT molecular complexity index is 295. The number of carbonyl (C=O) groups is 1. The molecule has 0 saturated carbocycles. The van der Waals surface area contributed by atoms with Gasteiger partial charge in [0.25, 0.3) is 0 Å². The first-order chi connectivity index (χ1) is 6.15. The molecule has 0 aliphatic heterocycles. The van der Waals surface area contributed by atoms with Gasteiger partial charge in [0.05, 0.1) is 6.10 Å². The number of aliphatic hydroxyl groups is 1. The minimum atomic E-state index is -0.679. The van der Waals surface area contributed by atoms with Crippen LogP contribution in [-0.2, 0) is 0 Å². The van der Waals surface area contributed by atoms with Crippen molar-refractivity contribution < 1.29 is 9.90 Å². The first-order valence-electron chi connectivity index (χ1n) is 3.93. The number of carbonyl (C=O) groups excluding carboxylic acids is 1. The van der Waals surface area contributed by atoms with E-state index >= 15 is 0 Å². The van der Waals surface area contributed by atoms with E-state index in [4.69, 9.17) is 11.5 Å². The lowest BCUT2D eigenvalue weighted by molar-refractivity contribution is 0.1000. The van der Waals surface area contributed by atoms with E-state index in [0.29, 0.717) is 11.1 Å². The molecule has 0 heterocycles. The summed E-state index contributed by atoms with van der Waals surface area (Å²) in [6.07, 6.45) is -0.679. The van der Waals surface area contributed by atoms with Crippen molar-refractivity contribution in [2.45, 2.75) is 6.10 Å². The average Bonchev–Trinajstić information content (AvgIpc) is 2.17. The molecule has 0 bridgehead atoms. The Labute approximate surface area is 76.2 Å². The minimum Gasteiger partial charge on any atom is -0.387 e. The van der Waals surface area contributed by atoms with E-state index in [1.807, 2.05) is 0 Å². The fourth-order valence-corrected chi connectivity index (χ4v) is 1.01. The molecule has 5 N–H and O–H groups in total. The molecule has 1 amide bonds. The van der Waals surface area contributed by atoms with Gasteiger partial charge < -0.3 is 16.6 Å². The van der Waals surface area contributed by atoms with Crippen LogP contribution in [0.3, 0.4) is 0 Å². The summed E-state index contributed by atoms with van der Waals surface area (Å²) >= 11 is 0. The molecule has 0 radical (unpaired) electrons. The highest BCUT2D eigenvalue weighted by atomic mass is 16.3. The number of benzene rings is 1. The molecule has 4 heteroatoms. The summed E-state index contributed by atoms with van der Waals surface area (Å²) in [4.78, 5) is 10.7. The normalized spacial score (nSPS) is 12.5.